The lowest BCUT2D eigenvalue weighted by Crippen LogP contribution is -2.36. The van der Waals surface area contributed by atoms with Crippen LogP contribution in [0.15, 0.2) is 6.20 Å². The van der Waals surface area contributed by atoms with Crippen LogP contribution in [-0.2, 0) is 25.6 Å². The molecule has 2 aromatic heterocycles. The lowest BCUT2D eigenvalue weighted by molar-refractivity contribution is -0.0364. The highest BCUT2D eigenvalue weighted by molar-refractivity contribution is 7.97. The minimum atomic E-state index is -4.84. The maximum Gasteiger partial charge on any atom is 0.340 e. The van der Waals surface area contributed by atoms with Gasteiger partial charge in [-0.2, -0.15) is 10.1 Å². The Hall–Kier alpha value is -1.18. The van der Waals surface area contributed by atoms with Crippen LogP contribution in [0, 0.1) is 5.92 Å². The van der Waals surface area contributed by atoms with E-state index >= 15 is 0 Å². The lowest BCUT2D eigenvalue weighted by atomic mass is 10.0. The van der Waals surface area contributed by atoms with Crippen molar-refractivity contribution < 1.29 is 37.7 Å². The Morgan fingerprint density at radius 2 is 1.88 bits per heavy atom. The van der Waals surface area contributed by atoms with Gasteiger partial charge in [-0.05, 0) is 23.9 Å². The second-order valence-electron chi connectivity index (χ2n) is 8.37. The van der Waals surface area contributed by atoms with Gasteiger partial charge < -0.3 is 24.7 Å². The van der Waals surface area contributed by atoms with Crippen LogP contribution in [0.5, 0.6) is 0 Å². The summed E-state index contributed by atoms with van der Waals surface area (Å²) < 4.78 is 42.0. The minimum Gasteiger partial charge on any atom is -0.387 e. The maximum absolute atomic E-state index is 12.1. The first kappa shape index (κ1) is 24.0. The summed E-state index contributed by atoms with van der Waals surface area (Å²) in [4.78, 5) is 26.4. The summed E-state index contributed by atoms with van der Waals surface area (Å²) in [6, 6.07) is 0. The predicted molar refractivity (Wildman–Crippen MR) is 113 cm³/mol. The van der Waals surface area contributed by atoms with Gasteiger partial charge in [0.05, 0.1) is 23.0 Å². The molecular formula is C17H24ClN4O8PS. The molecule has 3 heterocycles. The topological polar surface area (TPSA) is 185 Å². The van der Waals surface area contributed by atoms with Gasteiger partial charge in [-0.25, -0.2) is 18.1 Å². The first-order valence-corrected chi connectivity index (χ1v) is 14.1. The Balaban J connectivity index is 1.60. The first-order chi connectivity index (χ1) is 14.9. The van der Waals surface area contributed by atoms with Gasteiger partial charge in [-0.1, -0.05) is 25.7 Å². The Morgan fingerprint density at radius 1 is 1.19 bits per heavy atom. The van der Waals surface area contributed by atoms with E-state index in [1.165, 1.54) is 10.9 Å². The van der Waals surface area contributed by atoms with Gasteiger partial charge in [0.1, 0.15) is 18.3 Å². The predicted octanol–water partition coefficient (Wildman–Crippen LogP) is 0.382. The summed E-state index contributed by atoms with van der Waals surface area (Å²) in [6.07, 6.45) is 0.861. The molecule has 1 saturated carbocycles. The summed E-state index contributed by atoms with van der Waals surface area (Å²) in [5.74, 6) is -0.402. The largest absolute Gasteiger partial charge is 0.387 e. The highest BCUT2D eigenvalue weighted by atomic mass is 35.5. The molecule has 1 aliphatic carbocycles. The number of aliphatic hydroxyl groups is 2. The molecule has 2 fully saturated rings. The van der Waals surface area contributed by atoms with Gasteiger partial charge in [0, 0.05) is 0 Å². The maximum atomic E-state index is 12.1. The molecule has 1 aliphatic heterocycles. The van der Waals surface area contributed by atoms with E-state index in [0.717, 1.165) is 25.7 Å². The first-order valence-electron chi connectivity index (χ1n) is 10.1. The van der Waals surface area contributed by atoms with Crippen molar-refractivity contribution in [3.63, 3.8) is 0 Å². The van der Waals surface area contributed by atoms with Gasteiger partial charge in [0.15, 0.2) is 27.2 Å². The molecule has 178 valence electrons. The number of hydrogen-bond donors (Lipinski definition) is 4. The Labute approximate surface area is 188 Å². The minimum absolute atomic E-state index is 0.0129. The van der Waals surface area contributed by atoms with E-state index in [1.807, 2.05) is 0 Å². The van der Waals surface area contributed by atoms with Crippen molar-refractivity contribution in [1.29, 1.82) is 0 Å². The molecule has 2 aromatic rings. The third-order valence-electron chi connectivity index (χ3n) is 5.82. The Morgan fingerprint density at radius 3 is 2.53 bits per heavy atom. The highest BCUT2D eigenvalue weighted by Crippen LogP contribution is 2.38. The molecule has 0 amide bonds. The molecule has 1 saturated heterocycles. The van der Waals surface area contributed by atoms with E-state index in [2.05, 4.69) is 15.1 Å². The molecule has 0 aromatic carbocycles. The van der Waals surface area contributed by atoms with Crippen molar-refractivity contribution in [2.45, 2.75) is 56.6 Å². The van der Waals surface area contributed by atoms with Crippen molar-refractivity contribution in [1.82, 2.24) is 19.7 Å². The monoisotopic (exact) mass is 510 g/mol. The Kier molecular flexibility index (Phi) is 6.65. The number of rotatable bonds is 7. The van der Waals surface area contributed by atoms with Crippen molar-refractivity contribution in [3.05, 3.63) is 17.2 Å². The SMILES string of the molecule is O=P(O)(O)CS(=O)(=O)C[C@H]1O[C@@H](n2ncc3c(CC4CCCC4)nc(Cl)nc32)[C@H](O)[C@@H]1O. The molecule has 0 spiro atoms. The third kappa shape index (κ3) is 5.15. The van der Waals surface area contributed by atoms with E-state index in [4.69, 9.17) is 26.1 Å². The number of fused-ring (bicyclic) bond motifs is 1. The number of ether oxygens (including phenoxy) is 1. The van der Waals surface area contributed by atoms with Gasteiger partial charge in [0.25, 0.3) is 0 Å². The molecule has 4 rings (SSSR count). The summed E-state index contributed by atoms with van der Waals surface area (Å²) in [5, 5.41) is 25.6. The molecule has 0 radical (unpaired) electrons. The number of nitrogens with zero attached hydrogens (tertiary/aromatic N) is 4. The quantitative estimate of drug-likeness (QED) is 0.298. The van der Waals surface area contributed by atoms with Crippen molar-refractivity contribution in [2.75, 3.05) is 11.2 Å². The Bertz CT molecular complexity index is 1150. The van der Waals surface area contributed by atoms with Crippen molar-refractivity contribution >= 4 is 40.1 Å². The highest BCUT2D eigenvalue weighted by Gasteiger charge is 2.47. The molecule has 4 N–H and O–H groups in total. The molecule has 0 bridgehead atoms. The van der Waals surface area contributed by atoms with Crippen LogP contribution >= 0.6 is 19.2 Å². The van der Waals surface area contributed by atoms with E-state index in [-0.39, 0.29) is 10.9 Å². The van der Waals surface area contributed by atoms with Gasteiger partial charge in [-0.15, -0.1) is 0 Å². The van der Waals surface area contributed by atoms with Crippen LogP contribution in [-0.4, -0.2) is 77.7 Å². The van der Waals surface area contributed by atoms with Crippen LogP contribution in [0.2, 0.25) is 5.28 Å². The van der Waals surface area contributed by atoms with Crippen LogP contribution in [0.25, 0.3) is 11.0 Å². The average molecular weight is 511 g/mol. The van der Waals surface area contributed by atoms with Crippen LogP contribution in [0.4, 0.5) is 0 Å². The van der Waals surface area contributed by atoms with Gasteiger partial charge in [-0.3, -0.25) is 4.57 Å². The summed E-state index contributed by atoms with van der Waals surface area (Å²) >= 11 is 6.12. The zero-order valence-electron chi connectivity index (χ0n) is 16.9. The van der Waals surface area contributed by atoms with Crippen LogP contribution in [0.3, 0.4) is 0 Å². The van der Waals surface area contributed by atoms with Crippen LogP contribution in [0.1, 0.15) is 37.6 Å². The second-order valence-corrected chi connectivity index (χ2v) is 12.9. The average Bonchev–Trinajstić information content (AvgIpc) is 3.36. The molecule has 12 nitrogen and oxygen atoms in total. The number of aromatic nitrogens is 4. The number of sulfone groups is 1. The smallest absolute Gasteiger partial charge is 0.340 e. The van der Waals surface area contributed by atoms with E-state index < -0.39 is 53.2 Å². The zero-order valence-corrected chi connectivity index (χ0v) is 19.3. The standard InChI is InChI=1S/C17H24ClN4O8PS/c18-17-20-11(5-9-3-1-2-4-9)10-6-19-22(15(10)21-17)16-14(24)13(23)12(30-16)7-32(28,29)8-31(25,26)27/h6,9,12-14,16,23-24H,1-5,7-8H2,(H2,25,26,27)/t12-,13-,14-,16-/m1/s1. The molecule has 2 aliphatic rings. The summed E-state index contributed by atoms with van der Waals surface area (Å²) in [5.41, 5.74) is -0.397. The summed E-state index contributed by atoms with van der Waals surface area (Å²) in [6.45, 7) is 0. The molecular weight excluding hydrogens is 487 g/mol. The fourth-order valence-electron chi connectivity index (χ4n) is 4.41. The number of hydrogen-bond acceptors (Lipinski definition) is 9. The molecule has 32 heavy (non-hydrogen) atoms. The zero-order chi connectivity index (χ0) is 23.3. The fourth-order valence-corrected chi connectivity index (χ4v) is 7.84. The van der Waals surface area contributed by atoms with Gasteiger partial charge >= 0.3 is 7.60 Å². The third-order valence-corrected chi connectivity index (χ3v) is 9.75. The van der Waals surface area contributed by atoms with E-state index in [0.29, 0.717) is 23.4 Å². The van der Waals surface area contributed by atoms with E-state index in [9.17, 15) is 23.2 Å². The lowest BCUT2D eigenvalue weighted by Gasteiger charge is -2.16. The van der Waals surface area contributed by atoms with Crippen molar-refractivity contribution in [3.8, 4) is 0 Å². The summed E-state index contributed by atoms with van der Waals surface area (Å²) in [7, 11) is -9.11. The second kappa shape index (κ2) is 8.88. The van der Waals surface area contributed by atoms with Crippen LogP contribution < -0.4 is 0 Å². The number of halogens is 1. The number of aliphatic hydroxyl groups excluding tert-OH is 2. The van der Waals surface area contributed by atoms with Crippen molar-refractivity contribution in [2.24, 2.45) is 5.92 Å². The normalized spacial score (nSPS) is 27.5. The molecule has 15 heteroatoms. The molecule has 0 unspecified atom stereocenters. The fraction of sp³-hybridized carbons (Fsp3) is 0.706. The van der Waals surface area contributed by atoms with Gasteiger partial charge in [0.2, 0.25) is 5.28 Å². The van der Waals surface area contributed by atoms with E-state index in [1.54, 1.807) is 0 Å². The molecule has 4 atom stereocenters.